The molecule has 0 aromatic heterocycles. The van der Waals surface area contributed by atoms with Gasteiger partial charge in [-0.15, -0.1) is 0 Å². The first kappa shape index (κ1) is 10.0. The molecule has 0 atom stereocenters. The Morgan fingerprint density at radius 1 is 1.36 bits per heavy atom. The van der Waals surface area contributed by atoms with Crippen LogP contribution in [0.25, 0.3) is 0 Å². The fraction of sp³-hybridized carbons (Fsp3) is 0.500. The first-order valence-electron chi connectivity index (χ1n) is 5.16. The van der Waals surface area contributed by atoms with Crippen LogP contribution in [0.2, 0.25) is 5.02 Å². The van der Waals surface area contributed by atoms with Gasteiger partial charge in [-0.05, 0) is 30.5 Å². The van der Waals surface area contributed by atoms with E-state index in [1.807, 2.05) is 12.1 Å². The van der Waals surface area contributed by atoms with Gasteiger partial charge in [0.25, 0.3) is 0 Å². The zero-order valence-corrected chi connectivity index (χ0v) is 9.43. The van der Waals surface area contributed by atoms with E-state index in [1.165, 1.54) is 18.4 Å². The Bertz CT molecular complexity index is 329. The first-order valence-corrected chi connectivity index (χ1v) is 5.54. The Morgan fingerprint density at radius 2 is 2.07 bits per heavy atom. The molecular formula is C12H16ClN. The van der Waals surface area contributed by atoms with E-state index in [2.05, 4.69) is 31.3 Å². The zero-order chi connectivity index (χ0) is 10.2. The average molecular weight is 210 g/mol. The first-order chi connectivity index (χ1) is 6.62. The molecular weight excluding hydrogens is 194 g/mol. The number of halogens is 1. The molecule has 0 unspecified atom stereocenters. The molecule has 0 saturated heterocycles. The monoisotopic (exact) mass is 209 g/mol. The van der Waals surface area contributed by atoms with Crippen molar-refractivity contribution in [3.05, 3.63) is 34.9 Å². The maximum atomic E-state index is 5.99. The largest absolute Gasteiger partial charge is 0.305 e. The third-order valence-electron chi connectivity index (χ3n) is 2.69. The minimum Gasteiger partial charge on any atom is -0.305 e. The second-order valence-electron chi connectivity index (χ2n) is 4.39. The van der Waals surface area contributed by atoms with Crippen molar-refractivity contribution in [3.8, 4) is 0 Å². The Hall–Kier alpha value is -0.530. The van der Waals surface area contributed by atoms with E-state index in [0.29, 0.717) is 6.04 Å². The molecule has 0 spiro atoms. The van der Waals surface area contributed by atoms with Gasteiger partial charge >= 0.3 is 0 Å². The summed E-state index contributed by atoms with van der Waals surface area (Å²) >= 11 is 5.99. The summed E-state index contributed by atoms with van der Waals surface area (Å²) in [4.78, 5) is 0. The minimum atomic E-state index is 0.221. The quantitative estimate of drug-likeness (QED) is 0.806. The lowest BCUT2D eigenvalue weighted by atomic mass is 10.0. The highest BCUT2D eigenvalue weighted by molar-refractivity contribution is 6.30. The highest BCUT2D eigenvalue weighted by atomic mass is 35.5. The highest BCUT2D eigenvalue weighted by Gasteiger charge is 2.44. The van der Waals surface area contributed by atoms with Gasteiger partial charge in [0.15, 0.2) is 0 Å². The Labute approximate surface area is 90.5 Å². The minimum absolute atomic E-state index is 0.221. The lowest BCUT2D eigenvalue weighted by molar-refractivity contribution is 0.461. The van der Waals surface area contributed by atoms with Crippen LogP contribution in [-0.4, -0.2) is 6.04 Å². The van der Waals surface area contributed by atoms with Gasteiger partial charge in [0.1, 0.15) is 0 Å². The van der Waals surface area contributed by atoms with Crippen LogP contribution in [0.4, 0.5) is 0 Å². The third-order valence-corrected chi connectivity index (χ3v) is 2.93. The molecule has 1 saturated carbocycles. The van der Waals surface area contributed by atoms with Gasteiger partial charge in [0.2, 0.25) is 0 Å². The summed E-state index contributed by atoms with van der Waals surface area (Å²) in [6.45, 7) is 4.37. The molecule has 2 heteroatoms. The van der Waals surface area contributed by atoms with Crippen molar-refractivity contribution in [2.45, 2.75) is 38.3 Å². The number of hydrogen-bond donors (Lipinski definition) is 1. The average Bonchev–Trinajstić information content (AvgIpc) is 2.84. The zero-order valence-electron chi connectivity index (χ0n) is 8.68. The fourth-order valence-corrected chi connectivity index (χ4v) is 2.17. The topological polar surface area (TPSA) is 12.0 Å². The molecule has 1 aliphatic rings. The Morgan fingerprint density at radius 3 is 2.57 bits per heavy atom. The second kappa shape index (κ2) is 3.56. The van der Waals surface area contributed by atoms with Gasteiger partial charge in [-0.3, -0.25) is 0 Å². The second-order valence-corrected chi connectivity index (χ2v) is 4.83. The molecule has 1 fully saturated rings. The van der Waals surface area contributed by atoms with Crippen LogP contribution in [0.5, 0.6) is 0 Å². The molecule has 0 bridgehead atoms. The maximum Gasteiger partial charge on any atom is 0.0438 e. The molecule has 1 aromatic carbocycles. The van der Waals surface area contributed by atoms with Crippen molar-refractivity contribution < 1.29 is 0 Å². The van der Waals surface area contributed by atoms with Crippen molar-refractivity contribution in [2.75, 3.05) is 0 Å². The van der Waals surface area contributed by atoms with Crippen LogP contribution in [0.15, 0.2) is 24.3 Å². The third kappa shape index (κ3) is 1.94. The molecule has 1 aromatic rings. The lowest BCUT2D eigenvalue weighted by Crippen LogP contribution is -2.34. The van der Waals surface area contributed by atoms with Crippen LogP contribution in [0.3, 0.4) is 0 Å². The van der Waals surface area contributed by atoms with Gasteiger partial charge in [-0.1, -0.05) is 37.6 Å². The number of benzene rings is 1. The Kier molecular flexibility index (Phi) is 2.54. The summed E-state index contributed by atoms with van der Waals surface area (Å²) in [5.74, 6) is 0. The molecule has 0 aliphatic heterocycles. The molecule has 1 N–H and O–H groups in total. The van der Waals surface area contributed by atoms with E-state index in [4.69, 9.17) is 11.6 Å². The van der Waals surface area contributed by atoms with Crippen LogP contribution in [0, 0.1) is 0 Å². The molecule has 0 radical (unpaired) electrons. The molecule has 14 heavy (non-hydrogen) atoms. The summed E-state index contributed by atoms with van der Waals surface area (Å²) < 4.78 is 0. The van der Waals surface area contributed by atoms with E-state index in [-0.39, 0.29) is 5.54 Å². The maximum absolute atomic E-state index is 5.99. The molecule has 0 heterocycles. The van der Waals surface area contributed by atoms with Crippen LogP contribution >= 0.6 is 11.6 Å². The standard InChI is InChI=1S/C12H16ClN/c1-9(2)14-12(6-7-12)10-4-3-5-11(13)8-10/h3-5,8-9,14H,6-7H2,1-2H3. The van der Waals surface area contributed by atoms with Crippen LogP contribution in [-0.2, 0) is 5.54 Å². The summed E-state index contributed by atoms with van der Waals surface area (Å²) in [5.41, 5.74) is 1.55. The van der Waals surface area contributed by atoms with E-state index in [0.717, 1.165) is 5.02 Å². The van der Waals surface area contributed by atoms with E-state index < -0.39 is 0 Å². The van der Waals surface area contributed by atoms with E-state index in [1.54, 1.807) is 0 Å². The predicted octanol–water partition coefficient (Wildman–Crippen LogP) is 3.33. The highest BCUT2D eigenvalue weighted by Crippen LogP contribution is 2.46. The summed E-state index contributed by atoms with van der Waals surface area (Å²) in [7, 11) is 0. The van der Waals surface area contributed by atoms with E-state index in [9.17, 15) is 0 Å². The number of nitrogens with one attached hydrogen (secondary N) is 1. The van der Waals surface area contributed by atoms with Gasteiger partial charge in [0.05, 0.1) is 0 Å². The number of hydrogen-bond acceptors (Lipinski definition) is 1. The number of rotatable bonds is 3. The molecule has 1 aliphatic carbocycles. The van der Waals surface area contributed by atoms with Crippen molar-refractivity contribution >= 4 is 11.6 Å². The van der Waals surface area contributed by atoms with Gasteiger partial charge in [-0.25, -0.2) is 0 Å². The fourth-order valence-electron chi connectivity index (χ4n) is 1.98. The van der Waals surface area contributed by atoms with Crippen molar-refractivity contribution in [1.82, 2.24) is 5.32 Å². The van der Waals surface area contributed by atoms with Gasteiger partial charge < -0.3 is 5.32 Å². The van der Waals surface area contributed by atoms with Crippen molar-refractivity contribution in [2.24, 2.45) is 0 Å². The summed E-state index contributed by atoms with van der Waals surface area (Å²) in [5, 5.41) is 4.45. The molecule has 1 nitrogen and oxygen atoms in total. The molecule has 2 rings (SSSR count). The van der Waals surface area contributed by atoms with Gasteiger partial charge in [-0.2, -0.15) is 0 Å². The smallest absolute Gasteiger partial charge is 0.0438 e. The van der Waals surface area contributed by atoms with Crippen LogP contribution < -0.4 is 5.32 Å². The van der Waals surface area contributed by atoms with Crippen LogP contribution in [0.1, 0.15) is 32.3 Å². The Balaban J connectivity index is 2.22. The molecule has 76 valence electrons. The lowest BCUT2D eigenvalue weighted by Gasteiger charge is -2.20. The summed E-state index contributed by atoms with van der Waals surface area (Å²) in [6, 6.07) is 8.71. The van der Waals surface area contributed by atoms with Gasteiger partial charge in [0, 0.05) is 16.6 Å². The molecule has 0 amide bonds. The van der Waals surface area contributed by atoms with Crippen molar-refractivity contribution in [3.63, 3.8) is 0 Å². The normalized spacial score (nSPS) is 18.6. The van der Waals surface area contributed by atoms with E-state index >= 15 is 0 Å². The predicted molar refractivity (Wildman–Crippen MR) is 60.6 cm³/mol. The van der Waals surface area contributed by atoms with Crippen molar-refractivity contribution in [1.29, 1.82) is 0 Å². The summed E-state index contributed by atoms with van der Waals surface area (Å²) in [6.07, 6.45) is 2.46. The SMILES string of the molecule is CC(C)NC1(c2cccc(Cl)c2)CC1.